The molecule has 7 nitrogen and oxygen atoms in total. The van der Waals surface area contributed by atoms with Crippen molar-refractivity contribution in [1.82, 2.24) is 0 Å². The Bertz CT molecular complexity index is 1530. The quantitative estimate of drug-likeness (QED) is 0.0484. The number of carbonyl (C=O) groups excluding carboxylic acids is 1. The molecule has 248 valence electrons. The van der Waals surface area contributed by atoms with Crippen LogP contribution in [0.15, 0.2) is 67.0 Å². The molecule has 0 amide bonds. The number of ether oxygens (including phenoxy) is 2. The maximum Gasteiger partial charge on any atom is 0.347 e. The Morgan fingerprint density at radius 2 is 0.891 bits per heavy atom. The maximum absolute atomic E-state index is 13.3. The Kier molecular flexibility index (Phi) is 14.4. The highest BCUT2D eigenvalue weighted by molar-refractivity contribution is 6.10. The van der Waals surface area contributed by atoms with Crippen LogP contribution in [0.1, 0.15) is 133 Å². The van der Waals surface area contributed by atoms with Gasteiger partial charge in [0.25, 0.3) is 0 Å². The maximum atomic E-state index is 13.3. The topological polar surface area (TPSA) is 96.0 Å². The van der Waals surface area contributed by atoms with Crippen molar-refractivity contribution in [2.75, 3.05) is 13.2 Å². The van der Waals surface area contributed by atoms with Crippen molar-refractivity contribution in [3.63, 3.8) is 0 Å². The number of benzene rings is 2. The number of unbranched alkanes of at least 4 members (excludes halogenated alkanes) is 14. The van der Waals surface area contributed by atoms with Crippen molar-refractivity contribution < 1.29 is 23.1 Å². The molecular formula is C39H50O7. The van der Waals surface area contributed by atoms with Crippen molar-refractivity contribution >= 4 is 27.7 Å². The highest BCUT2D eigenvalue weighted by Gasteiger charge is 2.21. The van der Waals surface area contributed by atoms with Gasteiger partial charge < -0.3 is 18.3 Å². The summed E-state index contributed by atoms with van der Waals surface area (Å²) in [5.74, 6) is 0.472. The predicted molar refractivity (Wildman–Crippen MR) is 185 cm³/mol. The summed E-state index contributed by atoms with van der Waals surface area (Å²) in [6.45, 7) is 5.63. The number of ketones is 1. The zero-order chi connectivity index (χ0) is 32.6. The Morgan fingerprint density at radius 1 is 0.522 bits per heavy atom. The third kappa shape index (κ3) is 10.6. The van der Waals surface area contributed by atoms with Gasteiger partial charge in [-0.15, -0.1) is 0 Å². The van der Waals surface area contributed by atoms with Crippen LogP contribution in [0.4, 0.5) is 0 Å². The van der Waals surface area contributed by atoms with Gasteiger partial charge >= 0.3 is 11.3 Å². The van der Waals surface area contributed by atoms with Crippen LogP contribution in [0.3, 0.4) is 0 Å². The Labute approximate surface area is 272 Å². The smallest absolute Gasteiger partial charge is 0.347 e. The molecule has 46 heavy (non-hydrogen) atoms. The normalized spacial score (nSPS) is 11.3. The summed E-state index contributed by atoms with van der Waals surface area (Å²) in [5.41, 5.74) is -1.45. The lowest BCUT2D eigenvalue weighted by Crippen LogP contribution is -2.20. The number of fused-ring (bicyclic) bond motifs is 2. The molecule has 0 unspecified atom stereocenters. The highest BCUT2D eigenvalue weighted by atomic mass is 16.5. The molecule has 0 spiro atoms. The molecule has 0 saturated heterocycles. The Morgan fingerprint density at radius 3 is 1.28 bits per heavy atom. The lowest BCUT2D eigenvalue weighted by atomic mass is 10.0. The van der Waals surface area contributed by atoms with Crippen molar-refractivity contribution in [3.05, 3.63) is 80.5 Å². The fraction of sp³-hybridized carbons (Fsp3) is 0.513. The molecule has 2 aromatic heterocycles. The van der Waals surface area contributed by atoms with E-state index in [0.717, 1.165) is 25.7 Å². The first-order chi connectivity index (χ1) is 22.5. The van der Waals surface area contributed by atoms with E-state index in [2.05, 4.69) is 13.8 Å². The third-order valence-electron chi connectivity index (χ3n) is 8.44. The summed E-state index contributed by atoms with van der Waals surface area (Å²) in [4.78, 5) is 39.0. The molecule has 4 rings (SSSR count). The average molecular weight is 631 g/mol. The molecule has 0 aliphatic heterocycles. The van der Waals surface area contributed by atoms with Gasteiger partial charge in [-0.2, -0.15) is 0 Å². The molecule has 0 aliphatic carbocycles. The van der Waals surface area contributed by atoms with Gasteiger partial charge in [0.15, 0.2) is 0 Å². The standard InChI is InChI=1S/C39H50O7/c1-3-5-7-9-11-13-15-17-23-43-31-21-19-29-25-33(38(41)45-35(29)27-31)37(40)34-26-30-20-22-32(28-36(30)46-39(34)42)44-24-18-16-14-12-10-8-6-4-2/h19-22,25-28H,3-18,23-24H2,1-2H3. The summed E-state index contributed by atoms with van der Waals surface area (Å²) in [5, 5.41) is 1.12. The minimum absolute atomic E-state index is 0.225. The van der Waals surface area contributed by atoms with Crippen molar-refractivity contribution in [2.24, 2.45) is 0 Å². The zero-order valence-electron chi connectivity index (χ0n) is 27.7. The minimum Gasteiger partial charge on any atom is -0.493 e. The molecule has 0 atom stereocenters. The van der Waals surface area contributed by atoms with Gasteiger partial charge in [0, 0.05) is 22.9 Å². The van der Waals surface area contributed by atoms with Crippen LogP contribution in [0.5, 0.6) is 11.5 Å². The van der Waals surface area contributed by atoms with Gasteiger partial charge in [-0.1, -0.05) is 104 Å². The first-order valence-corrected chi connectivity index (χ1v) is 17.5. The van der Waals surface area contributed by atoms with Crippen LogP contribution in [-0.4, -0.2) is 19.0 Å². The van der Waals surface area contributed by atoms with Gasteiger partial charge in [0.05, 0.1) is 13.2 Å². The van der Waals surface area contributed by atoms with Crippen molar-refractivity contribution in [3.8, 4) is 11.5 Å². The van der Waals surface area contributed by atoms with E-state index in [4.69, 9.17) is 18.3 Å². The largest absolute Gasteiger partial charge is 0.493 e. The van der Waals surface area contributed by atoms with Crippen LogP contribution >= 0.6 is 0 Å². The van der Waals surface area contributed by atoms with E-state index in [1.807, 2.05) is 0 Å². The number of carbonyl (C=O) groups is 1. The van der Waals surface area contributed by atoms with Crippen LogP contribution < -0.4 is 20.7 Å². The molecule has 4 aromatic rings. The second kappa shape index (κ2) is 18.9. The molecule has 0 radical (unpaired) electrons. The predicted octanol–water partition coefficient (Wildman–Crippen LogP) is 10.2. The van der Waals surface area contributed by atoms with Crippen LogP contribution in [0.25, 0.3) is 21.9 Å². The first-order valence-electron chi connectivity index (χ1n) is 17.5. The monoisotopic (exact) mass is 630 g/mol. The molecule has 0 N–H and O–H groups in total. The second-order valence-electron chi connectivity index (χ2n) is 12.3. The van der Waals surface area contributed by atoms with E-state index in [1.165, 1.54) is 89.2 Å². The van der Waals surface area contributed by atoms with Crippen LogP contribution in [0.2, 0.25) is 0 Å². The van der Waals surface area contributed by atoms with Gasteiger partial charge in [0.1, 0.15) is 33.8 Å². The van der Waals surface area contributed by atoms with E-state index in [9.17, 15) is 14.4 Å². The molecule has 7 heteroatoms. The molecule has 2 aromatic carbocycles. The summed E-state index contributed by atoms with van der Waals surface area (Å²) in [7, 11) is 0. The molecule has 0 bridgehead atoms. The number of hydrogen-bond donors (Lipinski definition) is 0. The lowest BCUT2D eigenvalue weighted by Gasteiger charge is -2.08. The van der Waals surface area contributed by atoms with Crippen molar-refractivity contribution in [2.45, 2.75) is 117 Å². The van der Waals surface area contributed by atoms with Gasteiger partial charge in [-0.25, -0.2) is 9.59 Å². The Balaban J connectivity index is 1.32. The fourth-order valence-corrected chi connectivity index (χ4v) is 5.68. The SMILES string of the molecule is CCCCCCCCCCOc1ccc2cc(C(=O)c3cc4ccc(OCCCCCCCCCC)cc4oc3=O)c(=O)oc2c1. The molecule has 0 saturated carbocycles. The fourth-order valence-electron chi connectivity index (χ4n) is 5.68. The molecule has 0 aliphatic rings. The number of rotatable bonds is 22. The summed E-state index contributed by atoms with van der Waals surface area (Å²) < 4.78 is 22.7. The molecule has 2 heterocycles. The minimum atomic E-state index is -0.818. The van der Waals surface area contributed by atoms with E-state index >= 15 is 0 Å². The first kappa shape index (κ1) is 35.0. The highest BCUT2D eigenvalue weighted by Crippen LogP contribution is 2.24. The zero-order valence-corrected chi connectivity index (χ0v) is 27.7. The molecular weight excluding hydrogens is 580 g/mol. The van der Waals surface area contributed by atoms with E-state index in [0.29, 0.717) is 46.7 Å². The average Bonchev–Trinajstić information content (AvgIpc) is 3.05. The molecule has 0 fully saturated rings. The van der Waals surface area contributed by atoms with E-state index < -0.39 is 17.0 Å². The summed E-state index contributed by atoms with van der Waals surface area (Å²) >= 11 is 0. The van der Waals surface area contributed by atoms with E-state index in [1.54, 1.807) is 36.4 Å². The summed E-state index contributed by atoms with van der Waals surface area (Å²) in [6.07, 6.45) is 19.5. The van der Waals surface area contributed by atoms with Crippen molar-refractivity contribution in [1.29, 1.82) is 0 Å². The van der Waals surface area contributed by atoms with E-state index in [-0.39, 0.29) is 11.1 Å². The third-order valence-corrected chi connectivity index (χ3v) is 8.44. The van der Waals surface area contributed by atoms with Gasteiger partial charge in [-0.05, 0) is 49.2 Å². The summed E-state index contributed by atoms with van der Waals surface area (Å²) in [6, 6.07) is 13.3. The Hall–Kier alpha value is -3.87. The van der Waals surface area contributed by atoms with Gasteiger partial charge in [-0.3, -0.25) is 4.79 Å². The second-order valence-corrected chi connectivity index (χ2v) is 12.3. The van der Waals surface area contributed by atoms with Crippen LogP contribution in [-0.2, 0) is 0 Å². The van der Waals surface area contributed by atoms with Gasteiger partial charge in [0.2, 0.25) is 5.78 Å². The lowest BCUT2D eigenvalue weighted by molar-refractivity contribution is 0.103. The van der Waals surface area contributed by atoms with Crippen LogP contribution in [0, 0.1) is 0 Å². The number of hydrogen-bond acceptors (Lipinski definition) is 7.